The lowest BCUT2D eigenvalue weighted by Crippen LogP contribution is -2.48. The normalized spacial score (nSPS) is 14.1. The number of urea groups is 1. The van der Waals surface area contributed by atoms with Gasteiger partial charge in [-0.25, -0.2) is 13.6 Å². The number of carbonyl (C=O) groups is 2. The maximum atomic E-state index is 13.4. The summed E-state index contributed by atoms with van der Waals surface area (Å²) in [4.78, 5) is 36.8. The summed E-state index contributed by atoms with van der Waals surface area (Å²) in [5, 5.41) is 2.79. The van der Waals surface area contributed by atoms with Crippen molar-refractivity contribution in [2.24, 2.45) is 0 Å². The fourth-order valence-corrected chi connectivity index (χ4v) is 3.85. The third-order valence-corrected chi connectivity index (χ3v) is 5.72. The van der Waals surface area contributed by atoms with Crippen LogP contribution in [0.4, 0.5) is 19.3 Å². The van der Waals surface area contributed by atoms with E-state index in [0.29, 0.717) is 48.4 Å². The summed E-state index contributed by atoms with van der Waals surface area (Å²) >= 11 is 0. The first kappa shape index (κ1) is 22.3. The average molecular weight is 451 g/mol. The van der Waals surface area contributed by atoms with Crippen LogP contribution in [0.5, 0.6) is 0 Å². The van der Waals surface area contributed by atoms with Gasteiger partial charge in [0.05, 0.1) is 17.6 Å². The van der Waals surface area contributed by atoms with Crippen LogP contribution in [0.25, 0.3) is 11.3 Å². The van der Waals surface area contributed by atoms with Gasteiger partial charge in [-0.15, -0.1) is 0 Å². The molecule has 1 aliphatic rings. The van der Waals surface area contributed by atoms with E-state index >= 15 is 0 Å². The van der Waals surface area contributed by atoms with E-state index in [2.05, 4.69) is 15.3 Å². The first-order valence-electron chi connectivity index (χ1n) is 10.6. The van der Waals surface area contributed by atoms with Gasteiger partial charge >= 0.3 is 6.03 Å². The molecule has 1 saturated heterocycles. The molecule has 1 aromatic carbocycles. The van der Waals surface area contributed by atoms with E-state index in [0.717, 1.165) is 6.07 Å². The van der Waals surface area contributed by atoms with E-state index in [1.165, 1.54) is 18.3 Å². The number of rotatable bonds is 4. The molecule has 33 heavy (non-hydrogen) atoms. The molecule has 170 valence electrons. The Bertz CT molecular complexity index is 1110. The molecule has 3 amide bonds. The third kappa shape index (κ3) is 5.31. The Balaban J connectivity index is 1.32. The zero-order valence-corrected chi connectivity index (χ0v) is 18.0. The summed E-state index contributed by atoms with van der Waals surface area (Å²) in [6.45, 7) is 1.12. The van der Waals surface area contributed by atoms with Gasteiger partial charge in [0.15, 0.2) is 0 Å². The van der Waals surface area contributed by atoms with Crippen LogP contribution in [-0.2, 0) is 0 Å². The molecule has 7 nitrogen and oxygen atoms in total. The number of anilines is 1. The first-order chi connectivity index (χ1) is 15.9. The number of hydrogen-bond acceptors (Lipinski definition) is 4. The van der Waals surface area contributed by atoms with Crippen LogP contribution < -0.4 is 5.32 Å². The number of carbonyl (C=O) groups excluding carboxylic acids is 2. The number of halogens is 2. The minimum atomic E-state index is -0.681. The number of pyridine rings is 2. The summed E-state index contributed by atoms with van der Waals surface area (Å²) in [5.74, 6) is -1.40. The second-order valence-corrected chi connectivity index (χ2v) is 7.89. The molecule has 4 rings (SSSR count). The fourth-order valence-electron chi connectivity index (χ4n) is 3.85. The quantitative estimate of drug-likeness (QED) is 0.645. The number of nitrogens with one attached hydrogen (secondary N) is 1. The number of piperidine rings is 1. The van der Waals surface area contributed by atoms with Gasteiger partial charge in [-0.3, -0.25) is 14.8 Å². The molecule has 1 aliphatic heterocycles. The van der Waals surface area contributed by atoms with Gasteiger partial charge in [-0.05, 0) is 49.2 Å². The van der Waals surface area contributed by atoms with E-state index in [1.54, 1.807) is 53.5 Å². The molecule has 0 saturated carbocycles. The predicted octanol–water partition coefficient (Wildman–Crippen LogP) is 4.19. The summed E-state index contributed by atoms with van der Waals surface area (Å²) in [5.41, 5.74) is 1.78. The van der Waals surface area contributed by atoms with Crippen molar-refractivity contribution in [1.29, 1.82) is 0 Å². The van der Waals surface area contributed by atoms with Crippen LogP contribution in [-0.4, -0.2) is 57.9 Å². The maximum absolute atomic E-state index is 13.4. The Morgan fingerprint density at radius 2 is 1.70 bits per heavy atom. The smallest absolute Gasteiger partial charge is 0.321 e. The summed E-state index contributed by atoms with van der Waals surface area (Å²) in [6, 6.07) is 9.50. The molecule has 3 aromatic rings. The molecule has 0 radical (unpaired) electrons. The zero-order valence-electron chi connectivity index (χ0n) is 18.0. The van der Waals surface area contributed by atoms with E-state index in [1.807, 2.05) is 0 Å². The summed E-state index contributed by atoms with van der Waals surface area (Å²) in [6.07, 6.45) is 5.97. The Hall–Kier alpha value is -3.88. The molecule has 9 heteroatoms. The van der Waals surface area contributed by atoms with Gasteiger partial charge in [0.2, 0.25) is 0 Å². The third-order valence-electron chi connectivity index (χ3n) is 5.72. The highest BCUT2D eigenvalue weighted by Crippen LogP contribution is 2.22. The molecule has 3 heterocycles. The van der Waals surface area contributed by atoms with Gasteiger partial charge in [0.1, 0.15) is 11.6 Å². The van der Waals surface area contributed by atoms with Gasteiger partial charge in [-0.1, -0.05) is 0 Å². The van der Waals surface area contributed by atoms with Gasteiger partial charge in [-0.2, -0.15) is 0 Å². The van der Waals surface area contributed by atoms with Crippen LogP contribution in [0.1, 0.15) is 23.2 Å². The molecule has 0 atom stereocenters. The van der Waals surface area contributed by atoms with E-state index in [-0.39, 0.29) is 18.0 Å². The number of amides is 3. The molecular weight excluding hydrogens is 428 g/mol. The lowest BCUT2D eigenvalue weighted by atomic mass is 10.0. The van der Waals surface area contributed by atoms with Crippen molar-refractivity contribution >= 4 is 17.6 Å². The molecule has 2 aromatic heterocycles. The second-order valence-electron chi connectivity index (χ2n) is 7.89. The van der Waals surface area contributed by atoms with Crippen molar-refractivity contribution in [3.63, 3.8) is 0 Å². The van der Waals surface area contributed by atoms with Crippen LogP contribution in [0.15, 0.2) is 61.1 Å². The number of likely N-dealkylation sites (tertiary alicyclic amines) is 1. The van der Waals surface area contributed by atoms with Crippen molar-refractivity contribution in [1.82, 2.24) is 19.8 Å². The monoisotopic (exact) mass is 451 g/mol. The van der Waals surface area contributed by atoms with Crippen molar-refractivity contribution < 1.29 is 18.4 Å². The highest BCUT2D eigenvalue weighted by atomic mass is 19.1. The van der Waals surface area contributed by atoms with Gasteiger partial charge in [0, 0.05) is 55.8 Å². The molecule has 0 aliphatic carbocycles. The fraction of sp³-hybridized carbons (Fsp3) is 0.250. The van der Waals surface area contributed by atoms with Crippen molar-refractivity contribution in [3.8, 4) is 11.3 Å². The molecule has 1 fully saturated rings. The Kier molecular flexibility index (Phi) is 6.58. The lowest BCUT2D eigenvalue weighted by Gasteiger charge is -2.36. The maximum Gasteiger partial charge on any atom is 0.321 e. The predicted molar refractivity (Wildman–Crippen MR) is 120 cm³/mol. The molecule has 0 unspecified atom stereocenters. The minimum absolute atomic E-state index is 0.00556. The summed E-state index contributed by atoms with van der Waals surface area (Å²) in [7, 11) is 1.72. The van der Waals surface area contributed by atoms with Crippen LogP contribution in [0.2, 0.25) is 0 Å². The topological polar surface area (TPSA) is 78.4 Å². The SMILES string of the molecule is CN(C(=O)Nc1ccc(-c2cc(F)cc(F)c2)nc1)C1CCN(C(=O)c2ccncc2)CC1. The summed E-state index contributed by atoms with van der Waals surface area (Å²) < 4.78 is 26.9. The van der Waals surface area contributed by atoms with Crippen molar-refractivity contribution in [2.75, 3.05) is 25.5 Å². The molecule has 0 spiro atoms. The van der Waals surface area contributed by atoms with Crippen LogP contribution in [0, 0.1) is 11.6 Å². The van der Waals surface area contributed by atoms with Gasteiger partial charge < -0.3 is 15.1 Å². The Labute approximate surface area is 190 Å². The Morgan fingerprint density at radius 1 is 1.03 bits per heavy atom. The molecule has 1 N–H and O–H groups in total. The van der Waals surface area contributed by atoms with Gasteiger partial charge in [0.25, 0.3) is 5.91 Å². The Morgan fingerprint density at radius 3 is 2.30 bits per heavy atom. The largest absolute Gasteiger partial charge is 0.338 e. The van der Waals surface area contributed by atoms with Crippen LogP contribution >= 0.6 is 0 Å². The number of benzene rings is 1. The number of nitrogens with zero attached hydrogens (tertiary/aromatic N) is 4. The number of hydrogen-bond donors (Lipinski definition) is 1. The van der Waals surface area contributed by atoms with Crippen LogP contribution in [0.3, 0.4) is 0 Å². The molecule has 0 bridgehead atoms. The zero-order chi connectivity index (χ0) is 23.4. The molecular formula is C24H23F2N5O2. The van der Waals surface area contributed by atoms with Crippen molar-refractivity contribution in [3.05, 3.63) is 78.3 Å². The average Bonchev–Trinajstić information content (AvgIpc) is 2.83. The van der Waals surface area contributed by atoms with E-state index < -0.39 is 11.6 Å². The second kappa shape index (κ2) is 9.72. The van der Waals surface area contributed by atoms with E-state index in [4.69, 9.17) is 0 Å². The first-order valence-corrected chi connectivity index (χ1v) is 10.6. The van der Waals surface area contributed by atoms with Crippen molar-refractivity contribution in [2.45, 2.75) is 18.9 Å². The minimum Gasteiger partial charge on any atom is -0.338 e. The number of aromatic nitrogens is 2. The standard InChI is InChI=1S/C24H23F2N5O2/c1-30(21-6-10-31(11-7-21)23(32)16-4-8-27-9-5-16)24(33)29-20-2-3-22(28-15-20)17-12-18(25)14-19(26)13-17/h2-5,8-9,12-15,21H,6-7,10-11H2,1H3,(H,29,33). The van der Waals surface area contributed by atoms with E-state index in [9.17, 15) is 18.4 Å². The highest BCUT2D eigenvalue weighted by Gasteiger charge is 2.28. The highest BCUT2D eigenvalue weighted by molar-refractivity contribution is 5.94. The lowest BCUT2D eigenvalue weighted by molar-refractivity contribution is 0.0671.